The van der Waals surface area contributed by atoms with Gasteiger partial charge in [0.2, 0.25) is 0 Å². The van der Waals surface area contributed by atoms with Crippen molar-refractivity contribution in [2.24, 2.45) is 0 Å². The van der Waals surface area contributed by atoms with Crippen molar-refractivity contribution < 1.29 is 18.0 Å². The number of amides is 1. The molecule has 138 valence electrons. The molecule has 1 aliphatic heterocycles. The monoisotopic (exact) mass is 362 g/mol. The summed E-state index contributed by atoms with van der Waals surface area (Å²) in [6, 6.07) is 10.7. The van der Waals surface area contributed by atoms with E-state index in [-0.39, 0.29) is 11.5 Å². The molecule has 3 rings (SSSR count). The number of nitrogens with zero attached hydrogens (tertiary/aromatic N) is 2. The highest BCUT2D eigenvalue weighted by atomic mass is 19.4. The van der Waals surface area contributed by atoms with E-state index in [1.807, 2.05) is 0 Å². The second-order valence-corrected chi connectivity index (χ2v) is 6.62. The number of alkyl halides is 3. The average Bonchev–Trinajstić information content (AvgIpc) is 2.63. The first-order valence-corrected chi connectivity index (χ1v) is 8.54. The Balaban J connectivity index is 1.64. The van der Waals surface area contributed by atoms with Crippen molar-refractivity contribution >= 4 is 11.6 Å². The second-order valence-electron chi connectivity index (χ2n) is 6.62. The number of halogens is 3. The molecule has 3 nitrogen and oxygen atoms in total. The number of anilines is 1. The molecule has 0 spiro atoms. The van der Waals surface area contributed by atoms with Crippen LogP contribution in [0.3, 0.4) is 0 Å². The van der Waals surface area contributed by atoms with E-state index in [0.29, 0.717) is 26.2 Å². The van der Waals surface area contributed by atoms with Gasteiger partial charge in [0.15, 0.2) is 0 Å². The van der Waals surface area contributed by atoms with Crippen molar-refractivity contribution in [3.8, 4) is 0 Å². The van der Waals surface area contributed by atoms with E-state index >= 15 is 0 Å². The number of piperazine rings is 1. The zero-order chi connectivity index (χ0) is 18.9. The van der Waals surface area contributed by atoms with Crippen molar-refractivity contribution in [2.75, 3.05) is 31.1 Å². The molecule has 1 heterocycles. The molecule has 0 bridgehead atoms. The van der Waals surface area contributed by atoms with Crippen molar-refractivity contribution in [3.05, 3.63) is 64.7 Å². The minimum Gasteiger partial charge on any atom is -0.368 e. The summed E-state index contributed by atoms with van der Waals surface area (Å²) in [5.74, 6) is -0.224. The average molecular weight is 362 g/mol. The highest BCUT2D eigenvalue weighted by Crippen LogP contribution is 2.29. The molecule has 1 aliphatic rings. The Morgan fingerprint density at radius 3 is 2.04 bits per heavy atom. The molecule has 0 atom stereocenters. The van der Waals surface area contributed by atoms with Crippen LogP contribution >= 0.6 is 0 Å². The number of aryl methyl sites for hydroxylation is 2. The van der Waals surface area contributed by atoms with Crippen LogP contribution in [0.5, 0.6) is 0 Å². The normalized spacial score (nSPS) is 15.3. The van der Waals surface area contributed by atoms with Crippen LogP contribution in [-0.4, -0.2) is 37.0 Å². The van der Waals surface area contributed by atoms with Crippen LogP contribution in [0, 0.1) is 13.8 Å². The molecule has 0 aromatic heterocycles. The van der Waals surface area contributed by atoms with Crippen LogP contribution in [0.15, 0.2) is 42.5 Å². The number of benzene rings is 2. The van der Waals surface area contributed by atoms with Crippen molar-refractivity contribution in [1.29, 1.82) is 0 Å². The van der Waals surface area contributed by atoms with E-state index in [0.717, 1.165) is 17.8 Å². The molecule has 1 saturated heterocycles. The number of rotatable bonds is 2. The summed E-state index contributed by atoms with van der Waals surface area (Å²) in [6.07, 6.45) is -4.39. The first-order valence-electron chi connectivity index (χ1n) is 8.54. The maximum absolute atomic E-state index is 12.6. The maximum atomic E-state index is 12.6. The zero-order valence-corrected chi connectivity index (χ0v) is 14.8. The van der Waals surface area contributed by atoms with Crippen LogP contribution < -0.4 is 4.90 Å². The Labute approximate surface area is 151 Å². The van der Waals surface area contributed by atoms with Crippen LogP contribution in [0.2, 0.25) is 0 Å². The highest BCUT2D eigenvalue weighted by molar-refractivity contribution is 5.94. The Hall–Kier alpha value is -2.50. The molecule has 1 amide bonds. The third-order valence-corrected chi connectivity index (χ3v) is 4.88. The first-order chi connectivity index (χ1) is 12.3. The Bertz CT molecular complexity index is 792. The molecule has 0 unspecified atom stereocenters. The van der Waals surface area contributed by atoms with Gasteiger partial charge >= 0.3 is 6.18 Å². The highest BCUT2D eigenvalue weighted by Gasteiger charge is 2.30. The van der Waals surface area contributed by atoms with Gasteiger partial charge in [-0.05, 0) is 61.4 Å². The van der Waals surface area contributed by atoms with E-state index in [9.17, 15) is 18.0 Å². The van der Waals surface area contributed by atoms with Crippen molar-refractivity contribution in [2.45, 2.75) is 20.0 Å². The lowest BCUT2D eigenvalue weighted by molar-refractivity contribution is -0.137. The van der Waals surface area contributed by atoms with Gasteiger partial charge in [0.1, 0.15) is 0 Å². The van der Waals surface area contributed by atoms with Gasteiger partial charge in [0.05, 0.1) is 5.56 Å². The van der Waals surface area contributed by atoms with Gasteiger partial charge < -0.3 is 9.80 Å². The molecule has 26 heavy (non-hydrogen) atoms. The van der Waals surface area contributed by atoms with E-state index in [4.69, 9.17) is 0 Å². The molecule has 1 fully saturated rings. The van der Waals surface area contributed by atoms with E-state index < -0.39 is 11.7 Å². The third kappa shape index (κ3) is 3.84. The fourth-order valence-electron chi connectivity index (χ4n) is 3.07. The van der Waals surface area contributed by atoms with Gasteiger partial charge in [-0.3, -0.25) is 4.79 Å². The molecule has 0 aliphatic carbocycles. The topological polar surface area (TPSA) is 23.6 Å². The number of carbonyl (C=O) groups is 1. The van der Waals surface area contributed by atoms with E-state index in [1.54, 1.807) is 4.90 Å². The van der Waals surface area contributed by atoms with Gasteiger partial charge in [-0.25, -0.2) is 0 Å². The Morgan fingerprint density at radius 1 is 0.885 bits per heavy atom. The second kappa shape index (κ2) is 7.02. The van der Waals surface area contributed by atoms with E-state index in [2.05, 4.69) is 36.9 Å². The van der Waals surface area contributed by atoms with Crippen LogP contribution in [0.1, 0.15) is 27.0 Å². The van der Waals surface area contributed by atoms with Gasteiger partial charge in [-0.15, -0.1) is 0 Å². The largest absolute Gasteiger partial charge is 0.416 e. The molecule has 2 aromatic rings. The third-order valence-electron chi connectivity index (χ3n) is 4.88. The number of hydrogen-bond acceptors (Lipinski definition) is 2. The lowest BCUT2D eigenvalue weighted by atomic mass is 10.1. The molecule has 0 N–H and O–H groups in total. The lowest BCUT2D eigenvalue weighted by Gasteiger charge is -2.36. The minimum atomic E-state index is -4.39. The fraction of sp³-hybridized carbons (Fsp3) is 0.350. The van der Waals surface area contributed by atoms with Gasteiger partial charge in [-0.1, -0.05) is 6.07 Å². The standard InChI is InChI=1S/C20H21F3N2O/c1-14-3-8-18(13-15(14)2)24-9-11-25(12-10-24)19(26)16-4-6-17(7-5-16)20(21,22)23/h3-8,13H,9-12H2,1-2H3. The van der Waals surface area contributed by atoms with Crippen LogP contribution in [-0.2, 0) is 6.18 Å². The molecular weight excluding hydrogens is 341 g/mol. The fourth-order valence-corrected chi connectivity index (χ4v) is 3.07. The van der Waals surface area contributed by atoms with Crippen molar-refractivity contribution in [1.82, 2.24) is 4.90 Å². The molecule has 0 radical (unpaired) electrons. The molecular formula is C20H21F3N2O. The van der Waals surface area contributed by atoms with E-state index in [1.165, 1.54) is 23.3 Å². The summed E-state index contributed by atoms with van der Waals surface area (Å²) in [4.78, 5) is 16.4. The maximum Gasteiger partial charge on any atom is 0.416 e. The molecule has 0 saturated carbocycles. The van der Waals surface area contributed by atoms with Crippen LogP contribution in [0.25, 0.3) is 0 Å². The summed E-state index contributed by atoms with van der Waals surface area (Å²) in [5, 5.41) is 0. The number of carbonyl (C=O) groups excluding carboxylic acids is 1. The zero-order valence-electron chi connectivity index (χ0n) is 14.8. The SMILES string of the molecule is Cc1ccc(N2CCN(C(=O)c3ccc(C(F)(F)F)cc3)CC2)cc1C. The minimum absolute atomic E-state index is 0.224. The van der Waals surface area contributed by atoms with Crippen LogP contribution in [0.4, 0.5) is 18.9 Å². The summed E-state index contributed by atoms with van der Waals surface area (Å²) >= 11 is 0. The quantitative estimate of drug-likeness (QED) is 0.796. The van der Waals surface area contributed by atoms with Gasteiger partial charge in [0.25, 0.3) is 5.91 Å². The Morgan fingerprint density at radius 2 is 1.50 bits per heavy atom. The molecule has 2 aromatic carbocycles. The summed E-state index contributed by atoms with van der Waals surface area (Å²) in [5.41, 5.74) is 3.15. The van der Waals surface area contributed by atoms with Crippen molar-refractivity contribution in [3.63, 3.8) is 0 Å². The first kappa shape index (κ1) is 18.3. The summed E-state index contributed by atoms with van der Waals surface area (Å²) < 4.78 is 37.9. The molecule has 6 heteroatoms. The van der Waals surface area contributed by atoms with Gasteiger partial charge in [0, 0.05) is 37.4 Å². The number of hydrogen-bond donors (Lipinski definition) is 0. The predicted octanol–water partition coefficient (Wildman–Crippen LogP) is 4.28. The summed E-state index contributed by atoms with van der Waals surface area (Å²) in [6.45, 7) is 6.65. The smallest absolute Gasteiger partial charge is 0.368 e. The van der Waals surface area contributed by atoms with Gasteiger partial charge in [-0.2, -0.15) is 13.2 Å². The predicted molar refractivity (Wildman–Crippen MR) is 95.5 cm³/mol. The lowest BCUT2D eigenvalue weighted by Crippen LogP contribution is -2.48. The Kier molecular flexibility index (Phi) is 4.94. The summed E-state index contributed by atoms with van der Waals surface area (Å²) in [7, 11) is 0.